The number of sulfone groups is 1. The van der Waals surface area contributed by atoms with E-state index in [-0.39, 0.29) is 12.3 Å². The van der Waals surface area contributed by atoms with Crippen molar-refractivity contribution in [3.63, 3.8) is 0 Å². The van der Waals surface area contributed by atoms with Crippen LogP contribution in [0.15, 0.2) is 47.5 Å². The van der Waals surface area contributed by atoms with Crippen LogP contribution in [0.1, 0.15) is 23.6 Å². The smallest absolute Gasteiger partial charge is 0.191 e. The Morgan fingerprint density at radius 1 is 1.14 bits per heavy atom. The lowest BCUT2D eigenvalue weighted by molar-refractivity contribution is 0.340. The molecule has 0 amide bonds. The molecule has 0 aliphatic heterocycles. The van der Waals surface area contributed by atoms with Crippen LogP contribution in [0.2, 0.25) is 0 Å². The number of rotatable bonds is 9. The Balaban J connectivity index is 1.93. The summed E-state index contributed by atoms with van der Waals surface area (Å²) in [7, 11) is -1.57. The largest absolute Gasteiger partial charge is 0.494 e. The van der Waals surface area contributed by atoms with E-state index >= 15 is 0 Å². The van der Waals surface area contributed by atoms with Crippen LogP contribution in [0.25, 0.3) is 0 Å². The molecule has 0 aromatic heterocycles. The van der Waals surface area contributed by atoms with Crippen LogP contribution in [0.3, 0.4) is 0 Å². The van der Waals surface area contributed by atoms with Crippen molar-refractivity contribution in [3.05, 3.63) is 65.0 Å². The molecule has 0 fully saturated rings. The normalized spacial score (nSPS) is 11.9. The number of aliphatic imine (C=N–C) groups is 1. The van der Waals surface area contributed by atoms with Gasteiger partial charge in [0, 0.05) is 26.4 Å². The molecule has 0 spiro atoms. The molecule has 2 aromatic rings. The van der Waals surface area contributed by atoms with Crippen LogP contribution in [-0.2, 0) is 28.6 Å². The second-order valence-corrected chi connectivity index (χ2v) is 8.81. The lowest BCUT2D eigenvalue weighted by Crippen LogP contribution is -2.38. The molecule has 0 bridgehead atoms. The minimum absolute atomic E-state index is 0.132. The van der Waals surface area contributed by atoms with E-state index in [9.17, 15) is 12.8 Å². The molecule has 0 heterocycles. The first kappa shape index (κ1) is 22.7. The second-order valence-electron chi connectivity index (χ2n) is 6.67. The van der Waals surface area contributed by atoms with Gasteiger partial charge in [-0.3, -0.25) is 4.99 Å². The monoisotopic (exact) mass is 421 g/mol. The summed E-state index contributed by atoms with van der Waals surface area (Å²) in [6.07, 6.45) is 1.94. The summed E-state index contributed by atoms with van der Waals surface area (Å²) < 4.78 is 42.4. The Labute approximate surface area is 172 Å². The highest BCUT2D eigenvalue weighted by Crippen LogP contribution is 2.15. The number of hydrogen-bond acceptors (Lipinski definition) is 4. The third-order valence-electron chi connectivity index (χ3n) is 4.17. The molecule has 0 radical (unpaired) electrons. The van der Waals surface area contributed by atoms with Gasteiger partial charge in [-0.25, -0.2) is 12.8 Å². The number of hydrogen-bond donors (Lipinski definition) is 2. The maximum Gasteiger partial charge on any atom is 0.191 e. The van der Waals surface area contributed by atoms with Crippen molar-refractivity contribution in [2.75, 3.05) is 26.5 Å². The topological polar surface area (TPSA) is 79.8 Å². The number of nitrogens with zero attached hydrogens (tertiary/aromatic N) is 1. The molecule has 2 rings (SSSR count). The molecule has 6 nitrogen and oxygen atoms in total. The van der Waals surface area contributed by atoms with Crippen molar-refractivity contribution in [1.82, 2.24) is 10.6 Å². The average Bonchev–Trinajstić information content (AvgIpc) is 2.66. The fourth-order valence-corrected chi connectivity index (χ4v) is 3.71. The molecule has 0 saturated heterocycles. The van der Waals surface area contributed by atoms with Crippen LogP contribution >= 0.6 is 0 Å². The quantitative estimate of drug-likeness (QED) is 0.481. The van der Waals surface area contributed by atoms with Crippen LogP contribution in [-0.4, -0.2) is 40.8 Å². The van der Waals surface area contributed by atoms with E-state index in [2.05, 4.69) is 15.6 Å². The zero-order valence-electron chi connectivity index (χ0n) is 17.0. The van der Waals surface area contributed by atoms with Crippen LogP contribution in [0.4, 0.5) is 4.39 Å². The van der Waals surface area contributed by atoms with Gasteiger partial charge in [-0.15, -0.1) is 0 Å². The molecular weight excluding hydrogens is 393 g/mol. The predicted molar refractivity (Wildman–Crippen MR) is 114 cm³/mol. The Morgan fingerprint density at radius 2 is 1.93 bits per heavy atom. The van der Waals surface area contributed by atoms with Gasteiger partial charge in [0.2, 0.25) is 0 Å². The van der Waals surface area contributed by atoms with Gasteiger partial charge < -0.3 is 15.4 Å². The molecule has 0 atom stereocenters. The lowest BCUT2D eigenvalue weighted by Gasteiger charge is -2.14. The van der Waals surface area contributed by atoms with E-state index < -0.39 is 15.7 Å². The first-order valence-corrected chi connectivity index (χ1v) is 11.5. The van der Waals surface area contributed by atoms with Gasteiger partial charge in [0.1, 0.15) is 11.6 Å². The standard InChI is InChI=1S/C21H28FN3O3S/c1-4-28-20-7-5-6-16(12-20)10-11-24-21(23-2)25-14-18-13-19(22)9-8-17(18)15-29(3,26)27/h5-9,12-13H,4,10-11,14-15H2,1-3H3,(H2,23,24,25). The molecule has 8 heteroatoms. The van der Waals surface area contributed by atoms with E-state index in [1.165, 1.54) is 18.2 Å². The molecule has 2 N–H and O–H groups in total. The van der Waals surface area contributed by atoms with Gasteiger partial charge >= 0.3 is 0 Å². The van der Waals surface area contributed by atoms with E-state index in [0.717, 1.165) is 24.0 Å². The zero-order chi connectivity index (χ0) is 21.3. The van der Waals surface area contributed by atoms with Crippen molar-refractivity contribution in [1.29, 1.82) is 0 Å². The highest BCUT2D eigenvalue weighted by Gasteiger charge is 2.11. The van der Waals surface area contributed by atoms with Crippen molar-refractivity contribution in [2.45, 2.75) is 25.6 Å². The van der Waals surface area contributed by atoms with Crippen molar-refractivity contribution in [3.8, 4) is 5.75 Å². The maximum atomic E-state index is 13.6. The first-order valence-electron chi connectivity index (χ1n) is 9.42. The SMILES string of the molecule is CCOc1cccc(CCNC(=NC)NCc2cc(F)ccc2CS(C)(=O)=O)c1. The highest BCUT2D eigenvalue weighted by atomic mass is 32.2. The summed E-state index contributed by atoms with van der Waals surface area (Å²) in [5, 5.41) is 6.32. The summed E-state index contributed by atoms with van der Waals surface area (Å²) >= 11 is 0. The van der Waals surface area contributed by atoms with E-state index in [0.29, 0.717) is 30.2 Å². The molecule has 2 aromatic carbocycles. The second kappa shape index (κ2) is 10.8. The van der Waals surface area contributed by atoms with Gasteiger partial charge in [-0.2, -0.15) is 0 Å². The van der Waals surface area contributed by atoms with Gasteiger partial charge in [0.25, 0.3) is 0 Å². The fraction of sp³-hybridized carbons (Fsp3) is 0.381. The average molecular weight is 422 g/mol. The summed E-state index contributed by atoms with van der Waals surface area (Å²) in [6, 6.07) is 12.0. The van der Waals surface area contributed by atoms with E-state index in [1.807, 2.05) is 31.2 Å². The third-order valence-corrected chi connectivity index (χ3v) is 5.01. The first-order chi connectivity index (χ1) is 13.8. The maximum absolute atomic E-state index is 13.6. The Morgan fingerprint density at radius 3 is 2.62 bits per heavy atom. The van der Waals surface area contributed by atoms with Crippen LogP contribution < -0.4 is 15.4 Å². The molecule has 0 aliphatic carbocycles. The summed E-state index contributed by atoms with van der Waals surface area (Å²) in [5.74, 6) is 0.862. The van der Waals surface area contributed by atoms with Crippen molar-refractivity contribution >= 4 is 15.8 Å². The fourth-order valence-electron chi connectivity index (χ4n) is 2.86. The summed E-state index contributed by atoms with van der Waals surface area (Å²) in [6.45, 7) is 3.49. The summed E-state index contributed by atoms with van der Waals surface area (Å²) in [4.78, 5) is 4.17. The Hall–Kier alpha value is -2.61. The molecule has 0 unspecified atom stereocenters. The van der Waals surface area contributed by atoms with Gasteiger partial charge in [0.05, 0.1) is 12.4 Å². The lowest BCUT2D eigenvalue weighted by atomic mass is 10.1. The van der Waals surface area contributed by atoms with Gasteiger partial charge in [-0.05, 0) is 54.3 Å². The number of nitrogens with one attached hydrogen (secondary N) is 2. The molecule has 0 saturated carbocycles. The van der Waals surface area contributed by atoms with Gasteiger partial charge in [0.15, 0.2) is 15.8 Å². The van der Waals surface area contributed by atoms with Crippen molar-refractivity contribution in [2.24, 2.45) is 4.99 Å². The van der Waals surface area contributed by atoms with Crippen LogP contribution in [0, 0.1) is 5.82 Å². The van der Waals surface area contributed by atoms with Gasteiger partial charge in [-0.1, -0.05) is 18.2 Å². The third kappa shape index (κ3) is 8.11. The molecule has 29 heavy (non-hydrogen) atoms. The predicted octanol–water partition coefficient (Wildman–Crippen LogP) is 2.68. The highest BCUT2D eigenvalue weighted by molar-refractivity contribution is 7.89. The molecular formula is C21H28FN3O3S. The Kier molecular flexibility index (Phi) is 8.45. The zero-order valence-corrected chi connectivity index (χ0v) is 17.9. The minimum atomic E-state index is -3.22. The summed E-state index contributed by atoms with van der Waals surface area (Å²) in [5.41, 5.74) is 2.30. The Bertz CT molecular complexity index is 946. The van der Waals surface area contributed by atoms with Crippen molar-refractivity contribution < 1.29 is 17.5 Å². The number of ether oxygens (including phenoxy) is 1. The van der Waals surface area contributed by atoms with E-state index in [4.69, 9.17) is 4.74 Å². The number of benzene rings is 2. The minimum Gasteiger partial charge on any atom is -0.494 e. The molecule has 158 valence electrons. The number of guanidine groups is 1. The van der Waals surface area contributed by atoms with E-state index in [1.54, 1.807) is 7.05 Å². The van der Waals surface area contributed by atoms with Crippen LogP contribution in [0.5, 0.6) is 5.75 Å². The molecule has 0 aliphatic rings. The number of halogens is 1.